The average Bonchev–Trinajstić information content (AvgIpc) is 3.06. The molecular weight excluding hydrogens is 360 g/mol. The highest BCUT2D eigenvalue weighted by molar-refractivity contribution is 7.80. The topological polar surface area (TPSA) is 85.4 Å². The van der Waals surface area contributed by atoms with Crippen LogP contribution in [0.15, 0.2) is 24.3 Å². The first kappa shape index (κ1) is 18.8. The number of aromatic nitrogens is 2. The van der Waals surface area contributed by atoms with Gasteiger partial charge in [0.2, 0.25) is 11.0 Å². The number of rotatable bonds is 6. The SMILES string of the molecule is CCc1nnc(NC(=S)NC(=O)/C=C/c2ccc(OC)c(OC)c2)s1. The van der Waals surface area contributed by atoms with Gasteiger partial charge in [0.15, 0.2) is 16.6 Å². The molecule has 0 saturated heterocycles. The number of nitrogens with zero attached hydrogens (tertiary/aromatic N) is 2. The number of anilines is 1. The first-order chi connectivity index (χ1) is 12.0. The van der Waals surface area contributed by atoms with Crippen molar-refractivity contribution in [2.75, 3.05) is 19.5 Å². The summed E-state index contributed by atoms with van der Waals surface area (Å²) in [5, 5.41) is 14.9. The second-order valence-corrected chi connectivity index (χ2v) is 6.22. The number of benzene rings is 1. The van der Waals surface area contributed by atoms with Crippen molar-refractivity contribution in [3.63, 3.8) is 0 Å². The molecule has 0 radical (unpaired) electrons. The van der Waals surface area contributed by atoms with E-state index in [0.717, 1.165) is 17.0 Å². The summed E-state index contributed by atoms with van der Waals surface area (Å²) in [6.45, 7) is 1.99. The molecule has 0 aliphatic heterocycles. The Morgan fingerprint density at radius 2 is 2.04 bits per heavy atom. The molecule has 1 aromatic carbocycles. The van der Waals surface area contributed by atoms with E-state index in [1.54, 1.807) is 32.4 Å². The Hall–Kier alpha value is -2.52. The predicted octanol–water partition coefficient (Wildman–Crippen LogP) is 2.64. The number of hydrogen-bond acceptors (Lipinski definition) is 7. The molecule has 1 amide bonds. The van der Waals surface area contributed by atoms with Crippen LogP contribution < -0.4 is 20.1 Å². The molecule has 0 spiro atoms. The summed E-state index contributed by atoms with van der Waals surface area (Å²) < 4.78 is 10.4. The molecule has 132 valence electrons. The van der Waals surface area contributed by atoms with Crippen LogP contribution in [0.2, 0.25) is 0 Å². The fourth-order valence-corrected chi connectivity index (χ4v) is 2.80. The molecule has 2 aromatic rings. The quantitative estimate of drug-likeness (QED) is 0.590. The van der Waals surface area contributed by atoms with E-state index in [1.165, 1.54) is 17.4 Å². The molecule has 0 bridgehead atoms. The molecule has 0 saturated carbocycles. The van der Waals surface area contributed by atoms with Crippen LogP contribution in [0, 0.1) is 0 Å². The van der Waals surface area contributed by atoms with Gasteiger partial charge < -0.3 is 14.8 Å². The molecule has 2 rings (SSSR count). The Bertz CT molecular complexity index is 789. The zero-order valence-electron chi connectivity index (χ0n) is 14.0. The number of aryl methyl sites for hydroxylation is 1. The van der Waals surface area contributed by atoms with Gasteiger partial charge in [-0.15, -0.1) is 10.2 Å². The Morgan fingerprint density at radius 1 is 1.28 bits per heavy atom. The van der Waals surface area contributed by atoms with E-state index >= 15 is 0 Å². The van der Waals surface area contributed by atoms with Crippen LogP contribution in [0.25, 0.3) is 6.08 Å². The highest BCUT2D eigenvalue weighted by Gasteiger charge is 2.07. The van der Waals surface area contributed by atoms with Gasteiger partial charge in [-0.1, -0.05) is 24.3 Å². The van der Waals surface area contributed by atoms with Gasteiger partial charge in [-0.05, 0) is 42.4 Å². The van der Waals surface area contributed by atoms with Crippen molar-refractivity contribution < 1.29 is 14.3 Å². The number of ether oxygens (including phenoxy) is 2. The van der Waals surface area contributed by atoms with Gasteiger partial charge in [0, 0.05) is 6.08 Å². The normalized spacial score (nSPS) is 10.5. The van der Waals surface area contributed by atoms with E-state index in [9.17, 15) is 4.79 Å². The first-order valence-electron chi connectivity index (χ1n) is 7.40. The van der Waals surface area contributed by atoms with Crippen molar-refractivity contribution in [3.8, 4) is 11.5 Å². The summed E-state index contributed by atoms with van der Waals surface area (Å²) in [6, 6.07) is 5.35. The van der Waals surface area contributed by atoms with E-state index in [-0.39, 0.29) is 11.0 Å². The molecule has 0 aliphatic carbocycles. The lowest BCUT2D eigenvalue weighted by Crippen LogP contribution is -2.32. The predicted molar refractivity (Wildman–Crippen MR) is 102 cm³/mol. The van der Waals surface area contributed by atoms with Gasteiger partial charge in [-0.3, -0.25) is 10.1 Å². The van der Waals surface area contributed by atoms with Crippen molar-refractivity contribution in [2.45, 2.75) is 13.3 Å². The summed E-state index contributed by atoms with van der Waals surface area (Å²) in [5.41, 5.74) is 0.795. The summed E-state index contributed by atoms with van der Waals surface area (Å²) in [6.07, 6.45) is 3.83. The minimum absolute atomic E-state index is 0.167. The first-order valence-corrected chi connectivity index (χ1v) is 8.62. The summed E-state index contributed by atoms with van der Waals surface area (Å²) in [5.74, 6) is 0.857. The Morgan fingerprint density at radius 3 is 2.68 bits per heavy atom. The van der Waals surface area contributed by atoms with Gasteiger partial charge in [0.1, 0.15) is 5.01 Å². The van der Waals surface area contributed by atoms with Gasteiger partial charge in [-0.2, -0.15) is 0 Å². The maximum absolute atomic E-state index is 11.9. The van der Waals surface area contributed by atoms with E-state index in [1.807, 2.05) is 13.0 Å². The smallest absolute Gasteiger partial charge is 0.250 e. The Labute approximate surface area is 155 Å². The van der Waals surface area contributed by atoms with Crippen LogP contribution >= 0.6 is 23.6 Å². The van der Waals surface area contributed by atoms with Crippen LogP contribution in [0.4, 0.5) is 5.13 Å². The van der Waals surface area contributed by atoms with E-state index in [4.69, 9.17) is 21.7 Å². The maximum Gasteiger partial charge on any atom is 0.250 e. The van der Waals surface area contributed by atoms with Crippen molar-refractivity contribution in [1.29, 1.82) is 0 Å². The van der Waals surface area contributed by atoms with E-state index in [2.05, 4.69) is 20.8 Å². The van der Waals surface area contributed by atoms with Crippen molar-refractivity contribution in [2.24, 2.45) is 0 Å². The second kappa shape index (κ2) is 9.09. The molecule has 0 atom stereocenters. The molecular formula is C16H18N4O3S2. The molecule has 0 unspecified atom stereocenters. The lowest BCUT2D eigenvalue weighted by molar-refractivity contribution is -0.115. The zero-order valence-corrected chi connectivity index (χ0v) is 15.7. The van der Waals surface area contributed by atoms with Gasteiger partial charge in [-0.25, -0.2) is 0 Å². The molecule has 0 aliphatic rings. The molecule has 2 N–H and O–H groups in total. The highest BCUT2D eigenvalue weighted by atomic mass is 32.1. The number of nitrogens with one attached hydrogen (secondary N) is 2. The lowest BCUT2D eigenvalue weighted by atomic mass is 10.2. The monoisotopic (exact) mass is 378 g/mol. The molecule has 7 nitrogen and oxygen atoms in total. The maximum atomic E-state index is 11.9. The van der Waals surface area contributed by atoms with Crippen molar-refractivity contribution in [1.82, 2.24) is 15.5 Å². The minimum Gasteiger partial charge on any atom is -0.493 e. The number of carbonyl (C=O) groups excluding carboxylic acids is 1. The van der Waals surface area contributed by atoms with E-state index < -0.39 is 0 Å². The Kier molecular flexibility index (Phi) is 6.84. The fourth-order valence-electron chi connectivity index (χ4n) is 1.86. The summed E-state index contributed by atoms with van der Waals surface area (Å²) in [7, 11) is 3.12. The van der Waals surface area contributed by atoms with Crippen molar-refractivity contribution >= 4 is 45.8 Å². The average molecular weight is 378 g/mol. The number of hydrogen-bond donors (Lipinski definition) is 2. The second-order valence-electron chi connectivity index (χ2n) is 4.75. The van der Waals surface area contributed by atoms with Crippen molar-refractivity contribution in [3.05, 3.63) is 34.8 Å². The number of methoxy groups -OCH3 is 2. The molecule has 25 heavy (non-hydrogen) atoms. The zero-order chi connectivity index (χ0) is 18.2. The third kappa shape index (κ3) is 5.50. The number of amides is 1. The van der Waals surface area contributed by atoms with E-state index in [0.29, 0.717) is 16.6 Å². The van der Waals surface area contributed by atoms with Crippen LogP contribution in [0.3, 0.4) is 0 Å². The van der Waals surface area contributed by atoms with Crippen LogP contribution in [-0.2, 0) is 11.2 Å². The van der Waals surface area contributed by atoms with Crippen LogP contribution in [-0.4, -0.2) is 35.4 Å². The third-order valence-electron chi connectivity index (χ3n) is 3.06. The van der Waals surface area contributed by atoms with Gasteiger partial charge in [0.05, 0.1) is 14.2 Å². The minimum atomic E-state index is -0.354. The molecule has 1 aromatic heterocycles. The summed E-state index contributed by atoms with van der Waals surface area (Å²) in [4.78, 5) is 11.9. The van der Waals surface area contributed by atoms with Gasteiger partial charge >= 0.3 is 0 Å². The highest BCUT2D eigenvalue weighted by Crippen LogP contribution is 2.27. The lowest BCUT2D eigenvalue weighted by Gasteiger charge is -2.07. The summed E-state index contributed by atoms with van der Waals surface area (Å²) >= 11 is 6.48. The van der Waals surface area contributed by atoms with Gasteiger partial charge in [0.25, 0.3) is 0 Å². The number of thiocarbonyl (C=S) groups is 1. The molecule has 9 heteroatoms. The van der Waals surface area contributed by atoms with Crippen LogP contribution in [0.5, 0.6) is 11.5 Å². The standard InChI is InChI=1S/C16H18N4O3S2/c1-4-14-19-20-16(25-14)18-15(24)17-13(21)8-6-10-5-7-11(22-2)12(9-10)23-3/h5-9H,4H2,1-3H3,(H2,17,18,20,21,24)/b8-6+. The third-order valence-corrected chi connectivity index (χ3v) is 4.25. The molecule has 1 heterocycles. The molecule has 0 fully saturated rings. The number of carbonyl (C=O) groups is 1. The van der Waals surface area contributed by atoms with Crippen LogP contribution in [0.1, 0.15) is 17.5 Å². The Balaban J connectivity index is 1.92. The largest absolute Gasteiger partial charge is 0.493 e. The fraction of sp³-hybridized carbons (Fsp3) is 0.250.